The largest absolute Gasteiger partial charge is 0.311 e. The average molecular weight is 368 g/mol. The third kappa shape index (κ3) is 3.88. The molecular weight excluding hydrogens is 350 g/mol. The molecule has 20 heavy (non-hydrogen) atoms. The maximum Gasteiger partial charge on any atom is 0.0300 e. The van der Waals surface area contributed by atoms with Gasteiger partial charge in [-0.05, 0) is 64.5 Å². The molecule has 4 heteroatoms. The average Bonchev–Trinajstić information content (AvgIpc) is 3.06. The first kappa shape index (κ1) is 14.6. The van der Waals surface area contributed by atoms with Gasteiger partial charge in [-0.1, -0.05) is 6.07 Å². The lowest BCUT2D eigenvalue weighted by atomic mass is 10.1. The van der Waals surface area contributed by atoms with E-state index in [4.69, 9.17) is 0 Å². The van der Waals surface area contributed by atoms with Crippen molar-refractivity contribution in [2.75, 3.05) is 12.3 Å². The van der Waals surface area contributed by atoms with Gasteiger partial charge in [0.05, 0.1) is 0 Å². The molecule has 1 heterocycles. The van der Waals surface area contributed by atoms with Crippen molar-refractivity contribution in [2.45, 2.75) is 30.7 Å². The van der Waals surface area contributed by atoms with Crippen LogP contribution in [-0.4, -0.2) is 12.3 Å². The standard InChI is InChI=1S/C16H18BrNS2/c17-14-9-16(20-11-14)10-18-6-7-19-15-5-4-12-2-1-3-13(12)8-15/h4-5,8-9,11,18H,1-3,6-7,10H2. The summed E-state index contributed by atoms with van der Waals surface area (Å²) in [5.74, 6) is 1.13. The van der Waals surface area contributed by atoms with E-state index >= 15 is 0 Å². The molecule has 1 N–H and O–H groups in total. The van der Waals surface area contributed by atoms with Gasteiger partial charge in [0.25, 0.3) is 0 Å². The molecule has 0 fully saturated rings. The van der Waals surface area contributed by atoms with E-state index in [-0.39, 0.29) is 0 Å². The van der Waals surface area contributed by atoms with Crippen LogP contribution < -0.4 is 5.32 Å². The number of thiophene rings is 1. The fraction of sp³-hybridized carbons (Fsp3) is 0.375. The zero-order valence-electron chi connectivity index (χ0n) is 11.3. The monoisotopic (exact) mass is 367 g/mol. The van der Waals surface area contributed by atoms with Crippen LogP contribution in [-0.2, 0) is 19.4 Å². The summed E-state index contributed by atoms with van der Waals surface area (Å²) in [5, 5.41) is 5.64. The second-order valence-corrected chi connectivity index (χ2v) is 8.12. The predicted octanol–water partition coefficient (Wildman–Crippen LogP) is 4.88. The van der Waals surface area contributed by atoms with E-state index in [0.717, 1.165) is 18.8 Å². The van der Waals surface area contributed by atoms with E-state index in [2.05, 4.69) is 50.9 Å². The van der Waals surface area contributed by atoms with Gasteiger partial charge in [-0.3, -0.25) is 0 Å². The lowest BCUT2D eigenvalue weighted by molar-refractivity contribution is 0.741. The Morgan fingerprint density at radius 3 is 2.95 bits per heavy atom. The van der Waals surface area contributed by atoms with E-state index in [0.29, 0.717) is 0 Å². The highest BCUT2D eigenvalue weighted by Crippen LogP contribution is 2.27. The molecule has 1 aromatic carbocycles. The highest BCUT2D eigenvalue weighted by atomic mass is 79.9. The maximum atomic E-state index is 3.51. The van der Waals surface area contributed by atoms with Gasteiger partial charge in [0.2, 0.25) is 0 Å². The molecule has 0 unspecified atom stereocenters. The quantitative estimate of drug-likeness (QED) is 0.576. The maximum absolute atomic E-state index is 3.51. The molecule has 0 saturated heterocycles. The van der Waals surface area contributed by atoms with Crippen molar-refractivity contribution < 1.29 is 0 Å². The van der Waals surface area contributed by atoms with Crippen molar-refractivity contribution in [2.24, 2.45) is 0 Å². The van der Waals surface area contributed by atoms with Crippen LogP contribution in [0.25, 0.3) is 0 Å². The second-order valence-electron chi connectivity index (χ2n) is 5.04. The van der Waals surface area contributed by atoms with Crippen molar-refractivity contribution in [1.82, 2.24) is 5.32 Å². The second kappa shape index (κ2) is 7.12. The van der Waals surface area contributed by atoms with Crippen LogP contribution in [0.15, 0.2) is 39.0 Å². The molecule has 0 aliphatic heterocycles. The number of halogens is 1. The number of nitrogens with one attached hydrogen (secondary N) is 1. The summed E-state index contributed by atoms with van der Waals surface area (Å²) in [4.78, 5) is 2.81. The molecule has 0 atom stereocenters. The summed E-state index contributed by atoms with van der Waals surface area (Å²) in [6.45, 7) is 2.03. The Hall–Kier alpha value is -0.290. The van der Waals surface area contributed by atoms with Gasteiger partial charge in [0, 0.05) is 38.5 Å². The first-order valence-corrected chi connectivity index (χ1v) is 9.65. The molecular formula is C16H18BrNS2. The summed E-state index contributed by atoms with van der Waals surface area (Å²) >= 11 is 7.25. The molecule has 1 nitrogen and oxygen atoms in total. The van der Waals surface area contributed by atoms with Crippen LogP contribution in [0.1, 0.15) is 22.4 Å². The van der Waals surface area contributed by atoms with Crippen LogP contribution in [0.2, 0.25) is 0 Å². The molecule has 0 bridgehead atoms. The Morgan fingerprint density at radius 2 is 2.10 bits per heavy atom. The van der Waals surface area contributed by atoms with Crippen molar-refractivity contribution in [1.29, 1.82) is 0 Å². The lowest BCUT2D eigenvalue weighted by Gasteiger charge is -2.06. The smallest absolute Gasteiger partial charge is 0.0300 e. The first-order valence-electron chi connectivity index (χ1n) is 6.99. The van der Waals surface area contributed by atoms with E-state index in [1.807, 2.05) is 11.8 Å². The first-order chi connectivity index (χ1) is 9.81. The van der Waals surface area contributed by atoms with Gasteiger partial charge in [-0.2, -0.15) is 0 Å². The fourth-order valence-electron chi connectivity index (χ4n) is 2.54. The molecule has 1 aromatic heterocycles. The van der Waals surface area contributed by atoms with Crippen molar-refractivity contribution in [3.63, 3.8) is 0 Å². The van der Waals surface area contributed by atoms with Crippen LogP contribution in [0.5, 0.6) is 0 Å². The molecule has 0 amide bonds. The molecule has 0 saturated carbocycles. The SMILES string of the molecule is Brc1csc(CNCCSc2ccc3c(c2)CCC3)c1. The third-order valence-corrected chi connectivity index (χ3v) is 6.23. The number of hydrogen-bond acceptors (Lipinski definition) is 3. The summed E-state index contributed by atoms with van der Waals surface area (Å²) in [6.07, 6.45) is 3.88. The fourth-order valence-corrected chi connectivity index (χ4v) is 4.83. The Kier molecular flexibility index (Phi) is 5.21. The van der Waals surface area contributed by atoms with Gasteiger partial charge in [0.1, 0.15) is 0 Å². The zero-order valence-corrected chi connectivity index (χ0v) is 14.5. The van der Waals surface area contributed by atoms with Crippen molar-refractivity contribution in [3.8, 4) is 0 Å². The van der Waals surface area contributed by atoms with Crippen molar-refractivity contribution in [3.05, 3.63) is 50.1 Å². The summed E-state index contributed by atoms with van der Waals surface area (Å²) in [7, 11) is 0. The zero-order chi connectivity index (χ0) is 13.8. The van der Waals surface area contributed by atoms with Gasteiger partial charge in [-0.15, -0.1) is 23.1 Å². The number of thioether (sulfide) groups is 1. The highest BCUT2D eigenvalue weighted by Gasteiger charge is 2.10. The molecule has 2 aromatic rings. The predicted molar refractivity (Wildman–Crippen MR) is 92.9 cm³/mol. The van der Waals surface area contributed by atoms with Crippen LogP contribution in [0.4, 0.5) is 0 Å². The normalized spacial score (nSPS) is 13.7. The Morgan fingerprint density at radius 1 is 1.20 bits per heavy atom. The minimum absolute atomic E-state index is 0.973. The highest BCUT2D eigenvalue weighted by molar-refractivity contribution is 9.10. The van der Waals surface area contributed by atoms with Crippen molar-refractivity contribution >= 4 is 39.0 Å². The minimum atomic E-state index is 0.973. The summed E-state index contributed by atoms with van der Waals surface area (Å²) in [5.41, 5.74) is 3.14. The summed E-state index contributed by atoms with van der Waals surface area (Å²) < 4.78 is 1.19. The number of hydrogen-bond donors (Lipinski definition) is 1. The topological polar surface area (TPSA) is 12.0 Å². The molecule has 3 rings (SSSR count). The van der Waals surface area contributed by atoms with Crippen LogP contribution >= 0.6 is 39.0 Å². The molecule has 0 radical (unpaired) electrons. The van der Waals surface area contributed by atoms with E-state index in [1.165, 1.54) is 33.5 Å². The number of benzene rings is 1. The third-order valence-electron chi connectivity index (χ3n) is 3.54. The number of rotatable bonds is 6. The minimum Gasteiger partial charge on any atom is -0.311 e. The van der Waals surface area contributed by atoms with E-state index < -0.39 is 0 Å². The Balaban J connectivity index is 1.39. The van der Waals surface area contributed by atoms with Crippen LogP contribution in [0, 0.1) is 0 Å². The van der Waals surface area contributed by atoms with Gasteiger partial charge in [-0.25, -0.2) is 0 Å². The molecule has 1 aliphatic rings. The molecule has 106 valence electrons. The van der Waals surface area contributed by atoms with Gasteiger partial charge in [0.15, 0.2) is 0 Å². The van der Waals surface area contributed by atoms with E-state index in [1.54, 1.807) is 22.5 Å². The lowest BCUT2D eigenvalue weighted by Crippen LogP contribution is -2.15. The Bertz CT molecular complexity index is 580. The Labute approximate surface area is 137 Å². The molecule has 0 spiro atoms. The number of aryl methyl sites for hydroxylation is 2. The van der Waals surface area contributed by atoms with E-state index in [9.17, 15) is 0 Å². The van der Waals surface area contributed by atoms with Gasteiger partial charge >= 0.3 is 0 Å². The van der Waals surface area contributed by atoms with Gasteiger partial charge < -0.3 is 5.32 Å². The van der Waals surface area contributed by atoms with Crippen LogP contribution in [0.3, 0.4) is 0 Å². The summed E-state index contributed by atoms with van der Waals surface area (Å²) in [6, 6.07) is 9.18. The number of fused-ring (bicyclic) bond motifs is 1. The molecule has 1 aliphatic carbocycles.